The Kier molecular flexibility index (Phi) is 6.18. The third-order valence-corrected chi connectivity index (χ3v) is 5.08. The Morgan fingerprint density at radius 2 is 2.08 bits per heavy atom. The van der Waals surface area contributed by atoms with Crippen LogP contribution < -0.4 is 5.32 Å². The monoisotopic (exact) mass is 332 g/mol. The second-order valence-electron chi connectivity index (χ2n) is 6.73. The molecule has 2 fully saturated rings. The topological polar surface area (TPSA) is 57.7 Å². The SMILES string of the molecule is C[C@H](c1cccnc1)N1CCN(CC(=O)NC2CCOCC2)CC1. The third kappa shape index (κ3) is 4.75. The first kappa shape index (κ1) is 17.3. The quantitative estimate of drug-likeness (QED) is 0.874. The smallest absolute Gasteiger partial charge is 0.234 e. The highest BCUT2D eigenvalue weighted by Gasteiger charge is 2.24. The highest BCUT2D eigenvalue weighted by Crippen LogP contribution is 2.20. The molecule has 2 aliphatic rings. The highest BCUT2D eigenvalue weighted by molar-refractivity contribution is 5.78. The minimum absolute atomic E-state index is 0.149. The Labute approximate surface area is 144 Å². The maximum atomic E-state index is 12.2. The van der Waals surface area contributed by atoms with Crippen LogP contribution in [0.25, 0.3) is 0 Å². The van der Waals surface area contributed by atoms with Crippen LogP contribution in [0.1, 0.15) is 31.4 Å². The van der Waals surface area contributed by atoms with E-state index in [2.05, 4.69) is 33.1 Å². The first-order valence-electron chi connectivity index (χ1n) is 8.96. The zero-order valence-corrected chi connectivity index (χ0v) is 14.5. The van der Waals surface area contributed by atoms with Crippen LogP contribution in [-0.2, 0) is 9.53 Å². The zero-order chi connectivity index (χ0) is 16.8. The average molecular weight is 332 g/mol. The van der Waals surface area contributed by atoms with Crippen molar-refractivity contribution in [2.45, 2.75) is 31.8 Å². The molecule has 3 rings (SSSR count). The number of rotatable bonds is 5. The van der Waals surface area contributed by atoms with Gasteiger partial charge in [0.25, 0.3) is 0 Å². The maximum absolute atomic E-state index is 12.2. The summed E-state index contributed by atoms with van der Waals surface area (Å²) in [7, 11) is 0. The molecule has 6 heteroatoms. The summed E-state index contributed by atoms with van der Waals surface area (Å²) >= 11 is 0. The first-order chi connectivity index (χ1) is 11.7. The van der Waals surface area contributed by atoms with Gasteiger partial charge in [0, 0.05) is 63.9 Å². The summed E-state index contributed by atoms with van der Waals surface area (Å²) in [5.74, 6) is 0.149. The van der Waals surface area contributed by atoms with Gasteiger partial charge < -0.3 is 10.1 Å². The number of aromatic nitrogens is 1. The Morgan fingerprint density at radius 1 is 1.33 bits per heavy atom. The number of hydrogen-bond donors (Lipinski definition) is 1. The molecule has 132 valence electrons. The molecule has 2 saturated heterocycles. The van der Waals surface area contributed by atoms with Crippen molar-refractivity contribution in [2.24, 2.45) is 0 Å². The molecule has 6 nitrogen and oxygen atoms in total. The summed E-state index contributed by atoms with van der Waals surface area (Å²) in [6.45, 7) is 8.10. The van der Waals surface area contributed by atoms with Gasteiger partial charge in [0.2, 0.25) is 5.91 Å². The van der Waals surface area contributed by atoms with Crippen LogP contribution in [0.2, 0.25) is 0 Å². The van der Waals surface area contributed by atoms with E-state index in [-0.39, 0.29) is 11.9 Å². The Balaban J connectivity index is 1.41. The molecule has 24 heavy (non-hydrogen) atoms. The molecule has 0 saturated carbocycles. The highest BCUT2D eigenvalue weighted by atomic mass is 16.5. The molecule has 0 unspecified atom stereocenters. The molecule has 1 amide bonds. The Bertz CT molecular complexity index is 511. The second kappa shape index (κ2) is 8.55. The average Bonchev–Trinajstić information content (AvgIpc) is 2.63. The van der Waals surface area contributed by atoms with Crippen molar-refractivity contribution in [3.63, 3.8) is 0 Å². The van der Waals surface area contributed by atoms with Gasteiger partial charge in [-0.05, 0) is 31.4 Å². The van der Waals surface area contributed by atoms with Gasteiger partial charge in [-0.1, -0.05) is 6.07 Å². The van der Waals surface area contributed by atoms with Crippen molar-refractivity contribution < 1.29 is 9.53 Å². The fraction of sp³-hybridized carbons (Fsp3) is 0.667. The molecule has 0 radical (unpaired) electrons. The summed E-state index contributed by atoms with van der Waals surface area (Å²) in [5, 5.41) is 3.14. The van der Waals surface area contributed by atoms with Gasteiger partial charge in [0.1, 0.15) is 0 Å². The predicted octanol–water partition coefficient (Wildman–Crippen LogP) is 1.06. The number of carbonyl (C=O) groups excluding carboxylic acids is 1. The second-order valence-corrected chi connectivity index (χ2v) is 6.73. The van der Waals surface area contributed by atoms with Crippen molar-refractivity contribution in [3.05, 3.63) is 30.1 Å². The molecule has 3 heterocycles. The van der Waals surface area contributed by atoms with E-state index in [0.717, 1.165) is 52.2 Å². The Hall–Kier alpha value is -1.50. The fourth-order valence-corrected chi connectivity index (χ4v) is 3.46. The summed E-state index contributed by atoms with van der Waals surface area (Å²) in [6.07, 6.45) is 5.62. The largest absolute Gasteiger partial charge is 0.381 e. The normalized spacial score (nSPS) is 22.2. The van der Waals surface area contributed by atoms with Gasteiger partial charge in [0.05, 0.1) is 6.54 Å². The van der Waals surface area contributed by atoms with Crippen LogP contribution in [0.3, 0.4) is 0 Å². The molecule has 0 aliphatic carbocycles. The van der Waals surface area contributed by atoms with E-state index in [1.165, 1.54) is 5.56 Å². The number of pyridine rings is 1. The molecule has 1 aromatic rings. The number of nitrogens with zero attached hydrogens (tertiary/aromatic N) is 3. The lowest BCUT2D eigenvalue weighted by molar-refractivity contribution is -0.124. The van der Waals surface area contributed by atoms with Gasteiger partial charge in [0.15, 0.2) is 0 Å². The lowest BCUT2D eigenvalue weighted by Gasteiger charge is -2.38. The van der Waals surface area contributed by atoms with Gasteiger partial charge in [-0.15, -0.1) is 0 Å². The minimum atomic E-state index is 0.149. The van der Waals surface area contributed by atoms with Crippen molar-refractivity contribution in [2.75, 3.05) is 45.9 Å². The number of ether oxygens (including phenoxy) is 1. The number of hydrogen-bond acceptors (Lipinski definition) is 5. The minimum Gasteiger partial charge on any atom is -0.381 e. The molecule has 2 aliphatic heterocycles. The van der Waals surface area contributed by atoms with Crippen molar-refractivity contribution in [3.8, 4) is 0 Å². The van der Waals surface area contributed by atoms with E-state index in [0.29, 0.717) is 12.6 Å². The first-order valence-corrected chi connectivity index (χ1v) is 8.96. The zero-order valence-electron chi connectivity index (χ0n) is 14.5. The summed E-state index contributed by atoms with van der Waals surface area (Å²) in [4.78, 5) is 21.1. The van der Waals surface area contributed by atoms with E-state index in [1.807, 2.05) is 18.5 Å². The van der Waals surface area contributed by atoms with Crippen molar-refractivity contribution in [1.82, 2.24) is 20.1 Å². The summed E-state index contributed by atoms with van der Waals surface area (Å²) in [6, 6.07) is 4.78. The number of carbonyl (C=O) groups is 1. The summed E-state index contributed by atoms with van der Waals surface area (Å²) in [5.41, 5.74) is 1.25. The van der Waals surface area contributed by atoms with Crippen molar-refractivity contribution >= 4 is 5.91 Å². The third-order valence-electron chi connectivity index (χ3n) is 5.08. The van der Waals surface area contributed by atoms with Crippen LogP contribution in [0.15, 0.2) is 24.5 Å². The molecule has 1 atom stereocenters. The number of nitrogens with one attached hydrogen (secondary N) is 1. The molecule has 0 bridgehead atoms. The molecule has 1 N–H and O–H groups in total. The van der Waals surface area contributed by atoms with E-state index in [4.69, 9.17) is 4.74 Å². The molecular weight excluding hydrogens is 304 g/mol. The Morgan fingerprint density at radius 3 is 2.75 bits per heavy atom. The van der Waals surface area contributed by atoms with Crippen LogP contribution >= 0.6 is 0 Å². The van der Waals surface area contributed by atoms with Crippen LogP contribution in [-0.4, -0.2) is 72.7 Å². The van der Waals surface area contributed by atoms with Crippen LogP contribution in [0.4, 0.5) is 0 Å². The molecule has 1 aromatic heterocycles. The number of amides is 1. The fourth-order valence-electron chi connectivity index (χ4n) is 3.46. The van der Waals surface area contributed by atoms with Gasteiger partial charge in [-0.3, -0.25) is 19.6 Å². The van der Waals surface area contributed by atoms with Gasteiger partial charge in [-0.25, -0.2) is 0 Å². The van der Waals surface area contributed by atoms with Crippen LogP contribution in [0, 0.1) is 0 Å². The lowest BCUT2D eigenvalue weighted by atomic mass is 10.1. The lowest BCUT2D eigenvalue weighted by Crippen LogP contribution is -2.51. The summed E-state index contributed by atoms with van der Waals surface area (Å²) < 4.78 is 5.33. The molecule has 0 spiro atoms. The standard InChI is InChI=1S/C18H28N4O2/c1-15(16-3-2-6-19-13-16)22-9-7-21(8-10-22)14-18(23)20-17-4-11-24-12-5-17/h2-3,6,13,15,17H,4-5,7-12,14H2,1H3,(H,20,23)/t15-/m1/s1. The maximum Gasteiger partial charge on any atom is 0.234 e. The molecular formula is C18H28N4O2. The molecule has 0 aromatic carbocycles. The van der Waals surface area contributed by atoms with Gasteiger partial charge in [-0.2, -0.15) is 0 Å². The van der Waals surface area contributed by atoms with Crippen LogP contribution in [0.5, 0.6) is 0 Å². The van der Waals surface area contributed by atoms with Crippen molar-refractivity contribution in [1.29, 1.82) is 0 Å². The van der Waals surface area contributed by atoms with E-state index < -0.39 is 0 Å². The van der Waals surface area contributed by atoms with E-state index in [1.54, 1.807) is 0 Å². The predicted molar refractivity (Wildman–Crippen MR) is 92.6 cm³/mol. The van der Waals surface area contributed by atoms with Gasteiger partial charge >= 0.3 is 0 Å². The number of piperazine rings is 1. The van der Waals surface area contributed by atoms with E-state index in [9.17, 15) is 4.79 Å². The van der Waals surface area contributed by atoms with E-state index >= 15 is 0 Å².